The highest BCUT2D eigenvalue weighted by atomic mass is 16.4. The van der Waals surface area contributed by atoms with Gasteiger partial charge < -0.3 is 15.5 Å². The van der Waals surface area contributed by atoms with Crippen molar-refractivity contribution >= 4 is 11.9 Å². The number of carboxylic acids is 1. The summed E-state index contributed by atoms with van der Waals surface area (Å²) in [6.07, 6.45) is 1.52. The van der Waals surface area contributed by atoms with E-state index in [4.69, 9.17) is 10.2 Å². The molecular formula is C14H19NO4. The summed E-state index contributed by atoms with van der Waals surface area (Å²) in [4.78, 5) is 22.1. The molecule has 5 heteroatoms. The summed E-state index contributed by atoms with van der Waals surface area (Å²) in [6.45, 7) is 2.48. The number of carbonyl (C=O) groups excluding carboxylic acids is 1. The molecule has 0 radical (unpaired) electrons. The lowest BCUT2D eigenvalue weighted by molar-refractivity contribution is -0.137. The Morgan fingerprint density at radius 1 is 1.21 bits per heavy atom. The number of carboxylic acid groups (broad SMARTS) is 1. The molecule has 1 unspecified atom stereocenters. The predicted molar refractivity (Wildman–Crippen MR) is 71.1 cm³/mol. The fourth-order valence-corrected chi connectivity index (χ4v) is 1.66. The van der Waals surface area contributed by atoms with Crippen molar-refractivity contribution in [3.05, 3.63) is 29.8 Å². The summed E-state index contributed by atoms with van der Waals surface area (Å²) in [5, 5.41) is 20.4. The summed E-state index contributed by atoms with van der Waals surface area (Å²) < 4.78 is 0. The normalized spacial score (nSPS) is 11.8. The van der Waals surface area contributed by atoms with Gasteiger partial charge in [0.15, 0.2) is 0 Å². The van der Waals surface area contributed by atoms with Gasteiger partial charge in [0.25, 0.3) is 5.91 Å². The topological polar surface area (TPSA) is 86.6 Å². The van der Waals surface area contributed by atoms with Crippen LogP contribution in [0.4, 0.5) is 0 Å². The van der Waals surface area contributed by atoms with Crippen LogP contribution in [0.2, 0.25) is 0 Å². The molecule has 0 aliphatic carbocycles. The molecule has 0 saturated carbocycles. The molecule has 0 aromatic heterocycles. The summed E-state index contributed by atoms with van der Waals surface area (Å²) in [5.74, 6) is -0.597. The van der Waals surface area contributed by atoms with Gasteiger partial charge in [-0.25, -0.2) is 0 Å². The zero-order valence-corrected chi connectivity index (χ0v) is 10.9. The van der Waals surface area contributed by atoms with Gasteiger partial charge in [-0.1, -0.05) is 6.92 Å². The second-order valence-corrected chi connectivity index (χ2v) is 4.63. The van der Waals surface area contributed by atoms with Gasteiger partial charge in [-0.15, -0.1) is 0 Å². The standard InChI is InChI=1S/C14H19NO4/c1-10(2-7-13(17)18)8-9-15-14(19)11-3-5-12(16)6-4-11/h3-6,10,16H,2,7-9H2,1H3,(H,15,19)(H,17,18). The molecule has 1 amide bonds. The van der Waals surface area contributed by atoms with Crippen LogP contribution in [0.15, 0.2) is 24.3 Å². The highest BCUT2D eigenvalue weighted by Gasteiger charge is 2.08. The molecule has 104 valence electrons. The lowest BCUT2D eigenvalue weighted by Gasteiger charge is -2.10. The van der Waals surface area contributed by atoms with Gasteiger partial charge in [-0.05, 0) is 43.0 Å². The third kappa shape index (κ3) is 5.90. The number of phenolic OH excluding ortho intramolecular Hbond substituents is 1. The molecule has 0 aliphatic heterocycles. The van der Waals surface area contributed by atoms with Gasteiger partial charge in [0.1, 0.15) is 5.75 Å². The number of carbonyl (C=O) groups is 2. The summed E-state index contributed by atoms with van der Waals surface area (Å²) in [7, 11) is 0. The Morgan fingerprint density at radius 2 is 1.84 bits per heavy atom. The Morgan fingerprint density at radius 3 is 2.42 bits per heavy atom. The number of aliphatic carboxylic acids is 1. The van der Waals surface area contributed by atoms with Gasteiger partial charge in [0.05, 0.1) is 0 Å². The molecule has 0 fully saturated rings. The first-order valence-corrected chi connectivity index (χ1v) is 6.28. The Bertz CT molecular complexity index is 428. The molecule has 1 aromatic carbocycles. The maximum absolute atomic E-state index is 11.7. The zero-order chi connectivity index (χ0) is 14.3. The first-order valence-electron chi connectivity index (χ1n) is 6.28. The van der Waals surface area contributed by atoms with E-state index in [1.807, 2.05) is 6.92 Å². The molecule has 19 heavy (non-hydrogen) atoms. The maximum Gasteiger partial charge on any atom is 0.303 e. The number of rotatable bonds is 7. The molecule has 3 N–H and O–H groups in total. The monoisotopic (exact) mass is 265 g/mol. The maximum atomic E-state index is 11.7. The number of hydrogen-bond donors (Lipinski definition) is 3. The van der Waals surface area contributed by atoms with Crippen LogP contribution in [-0.4, -0.2) is 28.6 Å². The third-order valence-electron chi connectivity index (χ3n) is 2.90. The van der Waals surface area contributed by atoms with E-state index in [2.05, 4.69) is 5.32 Å². The minimum absolute atomic E-state index is 0.124. The van der Waals surface area contributed by atoms with Crippen molar-refractivity contribution in [2.24, 2.45) is 5.92 Å². The van der Waals surface area contributed by atoms with Gasteiger partial charge in [-0.3, -0.25) is 9.59 Å². The Balaban J connectivity index is 2.27. The van der Waals surface area contributed by atoms with Crippen LogP contribution in [0.5, 0.6) is 5.75 Å². The van der Waals surface area contributed by atoms with Crippen LogP contribution >= 0.6 is 0 Å². The fraction of sp³-hybridized carbons (Fsp3) is 0.429. The smallest absolute Gasteiger partial charge is 0.303 e. The van der Waals surface area contributed by atoms with Gasteiger partial charge in [0.2, 0.25) is 0 Å². The highest BCUT2D eigenvalue weighted by Crippen LogP contribution is 2.11. The highest BCUT2D eigenvalue weighted by molar-refractivity contribution is 5.94. The average Bonchev–Trinajstić information content (AvgIpc) is 2.37. The molecule has 0 saturated heterocycles. The summed E-state index contributed by atoms with van der Waals surface area (Å²) in [6, 6.07) is 6.03. The first kappa shape index (κ1) is 15.0. The van der Waals surface area contributed by atoms with Gasteiger partial charge >= 0.3 is 5.97 Å². The Hall–Kier alpha value is -2.04. The minimum Gasteiger partial charge on any atom is -0.508 e. The quantitative estimate of drug-likeness (QED) is 0.704. The largest absolute Gasteiger partial charge is 0.508 e. The predicted octanol–water partition coefficient (Wildman–Crippen LogP) is 2.01. The lowest BCUT2D eigenvalue weighted by atomic mass is 10.0. The number of hydrogen-bond acceptors (Lipinski definition) is 3. The molecule has 0 spiro atoms. The second kappa shape index (κ2) is 7.41. The van der Waals surface area contributed by atoms with E-state index >= 15 is 0 Å². The number of aromatic hydroxyl groups is 1. The van der Waals surface area contributed by atoms with Crippen molar-refractivity contribution in [2.45, 2.75) is 26.2 Å². The van der Waals surface area contributed by atoms with Crippen LogP contribution in [0.25, 0.3) is 0 Å². The van der Waals surface area contributed by atoms with Crippen LogP contribution in [-0.2, 0) is 4.79 Å². The van der Waals surface area contributed by atoms with Gasteiger partial charge in [-0.2, -0.15) is 0 Å². The van der Waals surface area contributed by atoms with Crippen molar-refractivity contribution in [2.75, 3.05) is 6.54 Å². The van der Waals surface area contributed by atoms with Crippen LogP contribution in [0, 0.1) is 5.92 Å². The lowest BCUT2D eigenvalue weighted by Crippen LogP contribution is -2.25. The van der Waals surface area contributed by atoms with E-state index in [1.54, 1.807) is 12.1 Å². The molecule has 1 aromatic rings. The van der Waals surface area contributed by atoms with Gasteiger partial charge in [0, 0.05) is 18.5 Å². The molecule has 0 aliphatic rings. The molecule has 1 rings (SSSR count). The zero-order valence-electron chi connectivity index (χ0n) is 10.9. The van der Waals surface area contributed by atoms with E-state index in [-0.39, 0.29) is 24.0 Å². The summed E-state index contributed by atoms with van der Waals surface area (Å²) in [5.41, 5.74) is 0.496. The molecular weight excluding hydrogens is 246 g/mol. The van der Waals surface area contributed by atoms with Crippen molar-refractivity contribution in [1.29, 1.82) is 0 Å². The molecule has 1 atom stereocenters. The van der Waals surface area contributed by atoms with E-state index in [9.17, 15) is 9.59 Å². The Kier molecular flexibility index (Phi) is 5.85. The van der Waals surface area contributed by atoms with Crippen molar-refractivity contribution in [1.82, 2.24) is 5.32 Å². The van der Waals surface area contributed by atoms with Crippen molar-refractivity contribution in [3.8, 4) is 5.75 Å². The minimum atomic E-state index is -0.792. The van der Waals surface area contributed by atoms with Crippen LogP contribution in [0.1, 0.15) is 36.5 Å². The Labute approximate surface area is 112 Å². The van der Waals surface area contributed by atoms with Crippen molar-refractivity contribution < 1.29 is 19.8 Å². The number of nitrogens with one attached hydrogen (secondary N) is 1. The van der Waals surface area contributed by atoms with Crippen LogP contribution in [0.3, 0.4) is 0 Å². The van der Waals surface area contributed by atoms with E-state index in [0.29, 0.717) is 18.5 Å². The average molecular weight is 265 g/mol. The summed E-state index contributed by atoms with van der Waals surface area (Å²) >= 11 is 0. The van der Waals surface area contributed by atoms with Crippen molar-refractivity contribution in [3.63, 3.8) is 0 Å². The molecule has 0 heterocycles. The number of amides is 1. The number of phenols is 1. The number of benzene rings is 1. The third-order valence-corrected chi connectivity index (χ3v) is 2.90. The molecule has 0 bridgehead atoms. The molecule has 5 nitrogen and oxygen atoms in total. The van der Waals surface area contributed by atoms with Crippen LogP contribution < -0.4 is 5.32 Å². The van der Waals surface area contributed by atoms with E-state index in [0.717, 1.165) is 6.42 Å². The second-order valence-electron chi connectivity index (χ2n) is 4.63. The first-order chi connectivity index (χ1) is 8.99. The van der Waals surface area contributed by atoms with E-state index < -0.39 is 5.97 Å². The SMILES string of the molecule is CC(CCNC(=O)c1ccc(O)cc1)CCC(=O)O. The fourth-order valence-electron chi connectivity index (χ4n) is 1.66. The van der Waals surface area contributed by atoms with E-state index in [1.165, 1.54) is 12.1 Å².